The fourth-order valence-electron chi connectivity index (χ4n) is 2.86. The van der Waals surface area contributed by atoms with Crippen LogP contribution in [0, 0.1) is 32.6 Å². The summed E-state index contributed by atoms with van der Waals surface area (Å²) in [7, 11) is 0. The molecule has 3 nitrogen and oxygen atoms in total. The zero-order chi connectivity index (χ0) is 17.1. The van der Waals surface area contributed by atoms with Crippen LogP contribution in [0.1, 0.15) is 35.6 Å². The minimum absolute atomic E-state index is 0.224. The number of aromatic nitrogens is 2. The van der Waals surface area contributed by atoms with Gasteiger partial charge in [-0.05, 0) is 50.3 Å². The van der Waals surface area contributed by atoms with E-state index >= 15 is 0 Å². The Hall–Kier alpha value is -2.38. The molecule has 2 heterocycles. The molecule has 0 aliphatic rings. The first-order chi connectivity index (χ1) is 11.5. The van der Waals surface area contributed by atoms with E-state index in [2.05, 4.69) is 73.0 Å². The van der Waals surface area contributed by atoms with Crippen LogP contribution >= 0.6 is 11.3 Å². The first kappa shape index (κ1) is 16.5. The predicted molar refractivity (Wildman–Crippen MR) is 103 cm³/mol. The van der Waals surface area contributed by atoms with E-state index in [4.69, 9.17) is 0 Å². The number of aryl methyl sites for hydroxylation is 3. The SMILES string of the molecule is Cc1cc(C)c(C#CCC(C)Nc2ncnc3sccc23)c(C)c1. The number of fused-ring (bicyclic) bond motifs is 1. The van der Waals surface area contributed by atoms with E-state index in [9.17, 15) is 0 Å². The lowest BCUT2D eigenvalue weighted by Crippen LogP contribution is -2.15. The highest BCUT2D eigenvalue weighted by Gasteiger charge is 2.07. The van der Waals surface area contributed by atoms with Crippen molar-refractivity contribution >= 4 is 27.4 Å². The average Bonchev–Trinajstić information content (AvgIpc) is 2.99. The minimum atomic E-state index is 0.224. The van der Waals surface area contributed by atoms with Gasteiger partial charge < -0.3 is 5.32 Å². The average molecular weight is 335 g/mol. The third-order valence-corrected chi connectivity index (χ3v) is 4.76. The molecule has 4 heteroatoms. The van der Waals surface area contributed by atoms with Crippen molar-refractivity contribution in [2.24, 2.45) is 0 Å². The van der Waals surface area contributed by atoms with E-state index < -0.39 is 0 Å². The van der Waals surface area contributed by atoms with Crippen LogP contribution in [0.3, 0.4) is 0 Å². The Bertz CT molecular complexity index is 908. The predicted octanol–water partition coefficient (Wildman–Crippen LogP) is 4.86. The van der Waals surface area contributed by atoms with Gasteiger partial charge >= 0.3 is 0 Å². The summed E-state index contributed by atoms with van der Waals surface area (Å²) in [5, 5.41) is 6.56. The van der Waals surface area contributed by atoms with Gasteiger partial charge in [-0.1, -0.05) is 29.5 Å². The third kappa shape index (κ3) is 3.58. The number of nitrogens with one attached hydrogen (secondary N) is 1. The number of thiophene rings is 1. The summed E-state index contributed by atoms with van der Waals surface area (Å²) in [5.41, 5.74) is 4.93. The molecule has 0 saturated carbocycles. The second kappa shape index (κ2) is 7.02. The van der Waals surface area contributed by atoms with Crippen LogP contribution in [0.25, 0.3) is 10.2 Å². The summed E-state index contributed by atoms with van der Waals surface area (Å²) >= 11 is 1.63. The van der Waals surface area contributed by atoms with E-state index in [0.717, 1.165) is 28.0 Å². The Kier molecular flexibility index (Phi) is 4.82. The van der Waals surface area contributed by atoms with Crippen LogP contribution in [-0.4, -0.2) is 16.0 Å². The zero-order valence-corrected chi connectivity index (χ0v) is 15.3. The van der Waals surface area contributed by atoms with Crippen LogP contribution in [0.15, 0.2) is 29.9 Å². The highest BCUT2D eigenvalue weighted by molar-refractivity contribution is 7.16. The zero-order valence-electron chi connectivity index (χ0n) is 14.5. The lowest BCUT2D eigenvalue weighted by atomic mass is 10.00. The van der Waals surface area contributed by atoms with Gasteiger partial charge in [0.25, 0.3) is 0 Å². The largest absolute Gasteiger partial charge is 0.366 e. The highest BCUT2D eigenvalue weighted by atomic mass is 32.1. The van der Waals surface area contributed by atoms with Crippen molar-refractivity contribution in [2.45, 2.75) is 40.2 Å². The number of benzene rings is 1. The quantitative estimate of drug-likeness (QED) is 0.695. The van der Waals surface area contributed by atoms with Gasteiger partial charge in [-0.25, -0.2) is 9.97 Å². The van der Waals surface area contributed by atoms with Crippen molar-refractivity contribution in [1.82, 2.24) is 9.97 Å². The normalized spacial score (nSPS) is 11.8. The lowest BCUT2D eigenvalue weighted by molar-refractivity contribution is 0.822. The summed E-state index contributed by atoms with van der Waals surface area (Å²) in [6, 6.07) is 6.65. The maximum Gasteiger partial charge on any atom is 0.138 e. The summed E-state index contributed by atoms with van der Waals surface area (Å²) < 4.78 is 0. The van der Waals surface area contributed by atoms with Crippen LogP contribution in [0.5, 0.6) is 0 Å². The molecular formula is C20H21N3S. The topological polar surface area (TPSA) is 37.8 Å². The van der Waals surface area contributed by atoms with Gasteiger partial charge in [0.05, 0.1) is 5.39 Å². The van der Waals surface area contributed by atoms with Crippen LogP contribution in [0.4, 0.5) is 5.82 Å². The van der Waals surface area contributed by atoms with Crippen molar-refractivity contribution in [2.75, 3.05) is 5.32 Å². The molecule has 0 amide bonds. The van der Waals surface area contributed by atoms with Crippen LogP contribution in [0.2, 0.25) is 0 Å². The maximum absolute atomic E-state index is 4.36. The number of rotatable bonds is 3. The molecule has 0 spiro atoms. The van der Waals surface area contributed by atoms with Gasteiger partial charge in [0.15, 0.2) is 0 Å². The van der Waals surface area contributed by atoms with Crippen molar-refractivity contribution < 1.29 is 0 Å². The van der Waals surface area contributed by atoms with Gasteiger partial charge in [-0.15, -0.1) is 11.3 Å². The molecule has 0 fully saturated rings. The molecular weight excluding hydrogens is 314 g/mol. The standard InChI is InChI=1S/C20H21N3S/c1-13-10-14(2)17(15(3)11-13)7-5-6-16(4)23-19-18-8-9-24-20(18)22-12-21-19/h8-12,16H,6H2,1-4H3,(H,21,22,23). The molecule has 1 unspecified atom stereocenters. The van der Waals surface area contributed by atoms with E-state index in [1.54, 1.807) is 17.7 Å². The second-order valence-corrected chi connectivity index (χ2v) is 7.08. The van der Waals surface area contributed by atoms with Crippen molar-refractivity contribution in [3.63, 3.8) is 0 Å². The van der Waals surface area contributed by atoms with Crippen molar-refractivity contribution in [1.29, 1.82) is 0 Å². The van der Waals surface area contributed by atoms with Crippen LogP contribution < -0.4 is 5.32 Å². The highest BCUT2D eigenvalue weighted by Crippen LogP contribution is 2.24. The van der Waals surface area contributed by atoms with Gasteiger partial charge in [-0.2, -0.15) is 0 Å². The molecule has 3 aromatic rings. The Labute approximate surface area is 147 Å². The minimum Gasteiger partial charge on any atom is -0.366 e. The molecule has 0 bridgehead atoms. The molecule has 1 N–H and O–H groups in total. The number of hydrogen-bond donors (Lipinski definition) is 1. The molecule has 24 heavy (non-hydrogen) atoms. The maximum atomic E-state index is 4.36. The molecule has 0 aliphatic heterocycles. The van der Waals surface area contributed by atoms with E-state index in [1.165, 1.54) is 16.7 Å². The number of hydrogen-bond acceptors (Lipinski definition) is 4. The van der Waals surface area contributed by atoms with Gasteiger partial charge in [-0.3, -0.25) is 0 Å². The summed E-state index contributed by atoms with van der Waals surface area (Å²) in [4.78, 5) is 9.65. The molecule has 1 atom stereocenters. The van der Waals surface area contributed by atoms with Crippen LogP contribution in [-0.2, 0) is 0 Å². The molecule has 0 radical (unpaired) electrons. The Morgan fingerprint density at radius 1 is 1.17 bits per heavy atom. The van der Waals surface area contributed by atoms with Gasteiger partial charge in [0.1, 0.15) is 17.0 Å². The Morgan fingerprint density at radius 3 is 2.67 bits per heavy atom. The monoisotopic (exact) mass is 335 g/mol. The molecule has 122 valence electrons. The number of nitrogens with zero attached hydrogens (tertiary/aromatic N) is 2. The van der Waals surface area contributed by atoms with Gasteiger partial charge in [0, 0.05) is 18.0 Å². The van der Waals surface area contributed by atoms with E-state index in [-0.39, 0.29) is 6.04 Å². The van der Waals surface area contributed by atoms with Crippen molar-refractivity contribution in [3.05, 3.63) is 52.2 Å². The fourth-order valence-corrected chi connectivity index (χ4v) is 3.59. The molecule has 0 saturated heterocycles. The Balaban J connectivity index is 1.71. The lowest BCUT2D eigenvalue weighted by Gasteiger charge is -2.12. The third-order valence-electron chi connectivity index (χ3n) is 3.94. The second-order valence-electron chi connectivity index (χ2n) is 6.19. The smallest absolute Gasteiger partial charge is 0.138 e. The summed E-state index contributed by atoms with van der Waals surface area (Å²) in [6.45, 7) is 8.50. The van der Waals surface area contributed by atoms with E-state index in [0.29, 0.717) is 0 Å². The van der Waals surface area contributed by atoms with E-state index in [1.807, 2.05) is 5.38 Å². The summed E-state index contributed by atoms with van der Waals surface area (Å²) in [6.07, 6.45) is 2.38. The fraction of sp³-hybridized carbons (Fsp3) is 0.300. The molecule has 0 aliphatic carbocycles. The first-order valence-electron chi connectivity index (χ1n) is 8.06. The molecule has 1 aromatic carbocycles. The van der Waals surface area contributed by atoms with Crippen molar-refractivity contribution in [3.8, 4) is 11.8 Å². The molecule has 3 rings (SSSR count). The number of anilines is 1. The summed E-state index contributed by atoms with van der Waals surface area (Å²) in [5.74, 6) is 7.54. The first-order valence-corrected chi connectivity index (χ1v) is 8.94. The van der Waals surface area contributed by atoms with Gasteiger partial charge in [0.2, 0.25) is 0 Å². The molecule has 2 aromatic heterocycles. The Morgan fingerprint density at radius 2 is 1.92 bits per heavy atom.